The van der Waals surface area contributed by atoms with Crippen LogP contribution in [-0.2, 0) is 0 Å². The Morgan fingerprint density at radius 2 is 1.79 bits per heavy atom. The van der Waals surface area contributed by atoms with Gasteiger partial charge in [0.05, 0.1) is 33.7 Å². The summed E-state index contributed by atoms with van der Waals surface area (Å²) in [4.78, 5) is 25.8. The van der Waals surface area contributed by atoms with E-state index in [9.17, 15) is 9.18 Å². The minimum Gasteiger partial charge on any atom is -0.353 e. The number of nitrogens with zero attached hydrogens (tertiary/aromatic N) is 6. The second-order valence-corrected chi connectivity index (χ2v) is 11.7. The first-order valence-electron chi connectivity index (χ1n) is 13.6. The zero-order chi connectivity index (χ0) is 28.0. The van der Waals surface area contributed by atoms with Crippen molar-refractivity contribution in [3.8, 4) is 16.9 Å². The van der Waals surface area contributed by atoms with Crippen LogP contribution in [0.4, 0.5) is 10.2 Å². The van der Waals surface area contributed by atoms with Crippen molar-refractivity contribution in [2.45, 2.75) is 72.3 Å². The molecule has 0 amide bonds. The molecule has 1 aliphatic heterocycles. The monoisotopic (exact) mass is 548 g/mol. The lowest BCUT2D eigenvalue weighted by Crippen LogP contribution is -2.43. The Labute approximate surface area is 233 Å². The van der Waals surface area contributed by atoms with Gasteiger partial charge in [-0.1, -0.05) is 58.4 Å². The van der Waals surface area contributed by atoms with Crippen LogP contribution >= 0.6 is 11.6 Å². The summed E-state index contributed by atoms with van der Waals surface area (Å²) in [6.45, 7) is 13.2. The van der Waals surface area contributed by atoms with E-state index in [2.05, 4.69) is 33.9 Å². The standard InChI is InChI=1S/C30H34ClFN6O/c1-16(2)22-14-33-36-25(17(3)4)27(22)38-29-21(13-23(31)26(34-29)20-9-7-8-10-24(20)32)28(35-30(38)39)37-15-18(5)11-12-19(37)6/h7-10,13-14,16-19H,11-12,15H2,1-6H3/t18-,19-/m0/s1. The van der Waals surface area contributed by atoms with Gasteiger partial charge in [0.25, 0.3) is 0 Å². The molecule has 0 N–H and O–H groups in total. The van der Waals surface area contributed by atoms with Gasteiger partial charge < -0.3 is 4.90 Å². The van der Waals surface area contributed by atoms with Crippen molar-refractivity contribution in [3.05, 3.63) is 69.1 Å². The quantitative estimate of drug-likeness (QED) is 0.270. The van der Waals surface area contributed by atoms with Crippen molar-refractivity contribution in [1.82, 2.24) is 24.7 Å². The molecule has 9 heteroatoms. The average molecular weight is 549 g/mol. The van der Waals surface area contributed by atoms with E-state index in [0.29, 0.717) is 39.2 Å². The number of fused-ring (bicyclic) bond motifs is 1. The summed E-state index contributed by atoms with van der Waals surface area (Å²) in [5.41, 5.74) is 2.59. The van der Waals surface area contributed by atoms with E-state index in [1.165, 1.54) is 10.6 Å². The fourth-order valence-corrected chi connectivity index (χ4v) is 5.67. The molecule has 5 rings (SSSR count). The summed E-state index contributed by atoms with van der Waals surface area (Å²) in [6, 6.07) is 8.34. The molecule has 39 heavy (non-hydrogen) atoms. The summed E-state index contributed by atoms with van der Waals surface area (Å²) in [5.74, 6) is 0.597. The predicted molar refractivity (Wildman–Crippen MR) is 155 cm³/mol. The van der Waals surface area contributed by atoms with Crippen molar-refractivity contribution < 1.29 is 4.39 Å². The van der Waals surface area contributed by atoms with Crippen LogP contribution in [0.1, 0.15) is 77.5 Å². The van der Waals surface area contributed by atoms with Gasteiger partial charge in [0.2, 0.25) is 0 Å². The van der Waals surface area contributed by atoms with E-state index in [0.717, 1.165) is 24.9 Å². The van der Waals surface area contributed by atoms with Crippen molar-refractivity contribution in [1.29, 1.82) is 0 Å². The van der Waals surface area contributed by atoms with Gasteiger partial charge in [0, 0.05) is 23.7 Å². The number of hydrogen-bond donors (Lipinski definition) is 0. The Balaban J connectivity index is 1.92. The molecule has 1 aromatic carbocycles. The van der Waals surface area contributed by atoms with Crippen molar-refractivity contribution in [2.75, 3.05) is 11.4 Å². The van der Waals surface area contributed by atoms with Crippen LogP contribution in [0.2, 0.25) is 5.02 Å². The molecule has 0 bridgehead atoms. The zero-order valence-electron chi connectivity index (χ0n) is 23.2. The van der Waals surface area contributed by atoms with Crippen LogP contribution in [0.15, 0.2) is 41.3 Å². The van der Waals surface area contributed by atoms with Gasteiger partial charge in [-0.05, 0) is 55.7 Å². The molecule has 2 atom stereocenters. The summed E-state index contributed by atoms with van der Waals surface area (Å²) in [7, 11) is 0. The lowest BCUT2D eigenvalue weighted by molar-refractivity contribution is 0.388. The van der Waals surface area contributed by atoms with Crippen molar-refractivity contribution in [2.24, 2.45) is 5.92 Å². The van der Waals surface area contributed by atoms with Crippen LogP contribution in [0.5, 0.6) is 0 Å². The second kappa shape index (κ2) is 10.6. The summed E-state index contributed by atoms with van der Waals surface area (Å²) in [6.07, 6.45) is 3.80. The third-order valence-electron chi connectivity index (χ3n) is 7.59. The van der Waals surface area contributed by atoms with Gasteiger partial charge in [0.15, 0.2) is 5.65 Å². The molecule has 1 fully saturated rings. The van der Waals surface area contributed by atoms with E-state index in [1.54, 1.807) is 30.5 Å². The molecule has 0 unspecified atom stereocenters. The maximum atomic E-state index is 15.0. The van der Waals surface area contributed by atoms with E-state index >= 15 is 0 Å². The van der Waals surface area contributed by atoms with Crippen molar-refractivity contribution in [3.63, 3.8) is 0 Å². The minimum atomic E-state index is -0.464. The molecule has 204 valence electrons. The number of anilines is 1. The van der Waals surface area contributed by atoms with E-state index in [1.807, 2.05) is 27.7 Å². The maximum Gasteiger partial charge on any atom is 0.355 e. The SMILES string of the molecule is CC(C)c1cnnc(C(C)C)c1-n1c(=O)nc(N2C[C@@H](C)CC[C@@H]2C)c2cc(Cl)c(-c3ccccc3F)nc21. The fourth-order valence-electron chi connectivity index (χ4n) is 5.42. The Hall–Kier alpha value is -3.39. The van der Waals surface area contributed by atoms with Crippen LogP contribution in [0.3, 0.4) is 0 Å². The van der Waals surface area contributed by atoms with Crippen LogP contribution in [0.25, 0.3) is 28.0 Å². The number of benzene rings is 1. The molecule has 7 nitrogen and oxygen atoms in total. The topological polar surface area (TPSA) is 76.8 Å². The lowest BCUT2D eigenvalue weighted by Gasteiger charge is -2.38. The van der Waals surface area contributed by atoms with Crippen LogP contribution in [0, 0.1) is 11.7 Å². The molecule has 0 aliphatic carbocycles. The van der Waals surface area contributed by atoms with Crippen LogP contribution in [-0.4, -0.2) is 37.3 Å². The summed E-state index contributed by atoms with van der Waals surface area (Å²) < 4.78 is 16.5. The van der Waals surface area contributed by atoms with Gasteiger partial charge in [-0.2, -0.15) is 15.2 Å². The Morgan fingerprint density at radius 1 is 1.05 bits per heavy atom. The highest BCUT2D eigenvalue weighted by Gasteiger charge is 2.30. The van der Waals surface area contributed by atoms with Gasteiger partial charge in [-0.3, -0.25) is 0 Å². The number of halogens is 2. The number of aromatic nitrogens is 5. The highest BCUT2D eigenvalue weighted by Crippen LogP contribution is 2.37. The molecule has 1 saturated heterocycles. The third kappa shape index (κ3) is 4.91. The van der Waals surface area contributed by atoms with Crippen molar-refractivity contribution >= 4 is 28.5 Å². The van der Waals surface area contributed by atoms with Gasteiger partial charge in [-0.15, -0.1) is 0 Å². The lowest BCUT2D eigenvalue weighted by atomic mass is 9.95. The maximum absolute atomic E-state index is 15.0. The highest BCUT2D eigenvalue weighted by atomic mass is 35.5. The van der Waals surface area contributed by atoms with E-state index in [-0.39, 0.29) is 29.1 Å². The smallest absolute Gasteiger partial charge is 0.353 e. The number of hydrogen-bond acceptors (Lipinski definition) is 6. The molecule has 3 aromatic heterocycles. The van der Waals surface area contributed by atoms with Crippen LogP contribution < -0.4 is 10.6 Å². The van der Waals surface area contributed by atoms with Gasteiger partial charge >= 0.3 is 5.69 Å². The zero-order valence-corrected chi connectivity index (χ0v) is 24.0. The first-order chi connectivity index (χ1) is 18.6. The molecule has 0 radical (unpaired) electrons. The normalized spacial score (nSPS) is 17.9. The Kier molecular flexibility index (Phi) is 7.42. The number of rotatable bonds is 5. The highest BCUT2D eigenvalue weighted by molar-refractivity contribution is 6.33. The Morgan fingerprint density at radius 3 is 2.49 bits per heavy atom. The molecule has 4 heterocycles. The minimum absolute atomic E-state index is 0.0193. The third-order valence-corrected chi connectivity index (χ3v) is 7.88. The first-order valence-corrected chi connectivity index (χ1v) is 14.0. The van der Waals surface area contributed by atoms with Gasteiger partial charge in [0.1, 0.15) is 11.6 Å². The number of piperidine rings is 1. The molecule has 1 aliphatic rings. The number of pyridine rings is 1. The summed E-state index contributed by atoms with van der Waals surface area (Å²) >= 11 is 6.80. The second-order valence-electron chi connectivity index (χ2n) is 11.3. The summed E-state index contributed by atoms with van der Waals surface area (Å²) in [5, 5.41) is 9.60. The Bertz CT molecular complexity index is 1570. The molecule has 4 aromatic rings. The van der Waals surface area contributed by atoms with Gasteiger partial charge in [-0.25, -0.2) is 18.7 Å². The first kappa shape index (κ1) is 27.2. The molecular formula is C30H34ClFN6O. The average Bonchev–Trinajstić information content (AvgIpc) is 2.89. The molecule has 0 saturated carbocycles. The van der Waals surface area contributed by atoms with E-state index in [4.69, 9.17) is 16.6 Å². The predicted octanol–water partition coefficient (Wildman–Crippen LogP) is 6.90. The fraction of sp³-hybridized carbons (Fsp3) is 0.433. The largest absolute Gasteiger partial charge is 0.355 e. The van der Waals surface area contributed by atoms with E-state index < -0.39 is 11.5 Å². The molecular weight excluding hydrogens is 515 g/mol. The molecule has 0 spiro atoms.